The molecule has 4 unspecified atom stereocenters. The lowest BCUT2D eigenvalue weighted by Crippen LogP contribution is -2.26. The van der Waals surface area contributed by atoms with Crippen LogP contribution in [-0.2, 0) is 0 Å². The Bertz CT molecular complexity index is 427. The van der Waals surface area contributed by atoms with Crippen molar-refractivity contribution in [1.82, 2.24) is 0 Å². The van der Waals surface area contributed by atoms with Gasteiger partial charge in [0.15, 0.2) is 0 Å². The predicted molar refractivity (Wildman–Crippen MR) is 119 cm³/mol. The summed E-state index contributed by atoms with van der Waals surface area (Å²) < 4.78 is 1.17. The maximum Gasteiger partial charge on any atom is 0.0746 e. The smallest absolute Gasteiger partial charge is 0.0746 e. The van der Waals surface area contributed by atoms with Crippen LogP contribution >= 0.6 is 70.6 Å². The van der Waals surface area contributed by atoms with Crippen LogP contribution in [0.25, 0.3) is 0 Å². The lowest BCUT2D eigenvalue weighted by molar-refractivity contribution is 0.339. The van der Waals surface area contributed by atoms with E-state index in [4.69, 9.17) is 0 Å². The molecule has 0 amide bonds. The van der Waals surface area contributed by atoms with E-state index >= 15 is 0 Å². The molecule has 2 aliphatic heterocycles. The van der Waals surface area contributed by atoms with E-state index in [0.29, 0.717) is 9.16 Å². The van der Waals surface area contributed by atoms with Gasteiger partial charge in [0.2, 0.25) is 0 Å². The van der Waals surface area contributed by atoms with Crippen LogP contribution < -0.4 is 0 Å². The van der Waals surface area contributed by atoms with Crippen molar-refractivity contribution in [3.63, 3.8) is 0 Å². The van der Waals surface area contributed by atoms with Gasteiger partial charge in [0.25, 0.3) is 0 Å². The van der Waals surface area contributed by atoms with E-state index in [-0.39, 0.29) is 13.2 Å². The fraction of sp³-hybridized carbons (Fsp3) is 0.750. The first-order valence-electron chi connectivity index (χ1n) is 8.25. The molecule has 3 rings (SSSR count). The molecular weight excluding hydrogens is 417 g/mol. The first-order chi connectivity index (χ1) is 11.8. The Morgan fingerprint density at radius 1 is 0.833 bits per heavy atom. The van der Waals surface area contributed by atoms with Crippen molar-refractivity contribution >= 4 is 70.6 Å². The quantitative estimate of drug-likeness (QED) is 0.544. The Balaban J connectivity index is 1.39. The monoisotopic (exact) mass is 440 g/mol. The highest BCUT2D eigenvalue weighted by atomic mass is 32.2. The van der Waals surface area contributed by atoms with Gasteiger partial charge >= 0.3 is 0 Å². The van der Waals surface area contributed by atoms with Gasteiger partial charge in [0.05, 0.1) is 22.4 Å². The van der Waals surface area contributed by atoms with E-state index in [2.05, 4.69) is 34.3 Å². The number of hydrogen-bond donors (Lipinski definition) is 2. The number of rotatable bonds is 8. The lowest BCUT2D eigenvalue weighted by atomic mass is 10.00. The molecule has 3 aliphatic rings. The van der Waals surface area contributed by atoms with Gasteiger partial charge in [-0.1, -0.05) is 12.8 Å². The topological polar surface area (TPSA) is 40.5 Å². The average Bonchev–Trinajstić information content (AvgIpc) is 3.27. The zero-order valence-electron chi connectivity index (χ0n) is 13.5. The van der Waals surface area contributed by atoms with Gasteiger partial charge in [-0.2, -0.15) is 23.5 Å². The highest BCUT2D eigenvalue weighted by molar-refractivity contribution is 8.24. The molecule has 8 heteroatoms. The molecular formula is C16H24O2S6. The van der Waals surface area contributed by atoms with E-state index in [1.165, 1.54) is 37.2 Å². The summed E-state index contributed by atoms with van der Waals surface area (Å²) in [6.07, 6.45) is 5.47. The summed E-state index contributed by atoms with van der Waals surface area (Å²) in [6, 6.07) is 0. The lowest BCUT2D eigenvalue weighted by Gasteiger charge is -2.31. The Morgan fingerprint density at radius 3 is 1.67 bits per heavy atom. The Labute approximate surface area is 170 Å². The van der Waals surface area contributed by atoms with Crippen LogP contribution in [0.1, 0.15) is 25.7 Å². The van der Waals surface area contributed by atoms with Crippen LogP contribution in [0, 0.1) is 0 Å². The summed E-state index contributed by atoms with van der Waals surface area (Å²) in [5, 5.41) is 24.3. The van der Waals surface area contributed by atoms with Crippen molar-refractivity contribution in [2.75, 3.05) is 24.7 Å². The molecule has 0 bridgehead atoms. The van der Waals surface area contributed by atoms with Crippen LogP contribution in [0.2, 0.25) is 0 Å². The van der Waals surface area contributed by atoms with Gasteiger partial charge in [0.1, 0.15) is 0 Å². The van der Waals surface area contributed by atoms with Gasteiger partial charge in [0, 0.05) is 31.8 Å². The summed E-state index contributed by atoms with van der Waals surface area (Å²) in [7, 11) is 0. The summed E-state index contributed by atoms with van der Waals surface area (Å²) in [5.74, 6) is 2.36. The summed E-state index contributed by atoms with van der Waals surface area (Å²) in [5.41, 5.74) is 0. The molecule has 2 nitrogen and oxygen atoms in total. The summed E-state index contributed by atoms with van der Waals surface area (Å²) in [4.78, 5) is 2.25. The van der Waals surface area contributed by atoms with Gasteiger partial charge in [-0.3, -0.25) is 0 Å². The molecule has 4 atom stereocenters. The van der Waals surface area contributed by atoms with E-state index in [1.807, 2.05) is 47.0 Å². The highest BCUT2D eigenvalue weighted by Gasteiger charge is 2.29. The number of aliphatic hydroxyl groups excluding tert-OH is 2. The highest BCUT2D eigenvalue weighted by Crippen LogP contribution is 2.46. The molecule has 1 fully saturated rings. The maximum atomic E-state index is 9.22. The van der Waals surface area contributed by atoms with Gasteiger partial charge in [-0.15, -0.1) is 47.0 Å². The third-order valence-electron chi connectivity index (χ3n) is 4.11. The molecule has 1 saturated carbocycles. The Kier molecular flexibility index (Phi) is 9.05. The first-order valence-corrected chi connectivity index (χ1v) is 14.0. The molecule has 24 heavy (non-hydrogen) atoms. The van der Waals surface area contributed by atoms with Crippen LogP contribution in [-0.4, -0.2) is 54.6 Å². The van der Waals surface area contributed by atoms with Crippen molar-refractivity contribution < 1.29 is 10.2 Å². The molecule has 0 radical (unpaired) electrons. The number of aliphatic hydroxyl groups is 2. The van der Waals surface area contributed by atoms with Crippen LogP contribution in [0.3, 0.4) is 0 Å². The van der Waals surface area contributed by atoms with E-state index in [0.717, 1.165) is 20.3 Å². The largest absolute Gasteiger partial charge is 0.391 e. The normalized spacial score (nSPS) is 33.6. The Hall–Kier alpha value is 1.50. The number of thioether (sulfide) groups is 6. The maximum absolute atomic E-state index is 9.22. The van der Waals surface area contributed by atoms with Crippen molar-refractivity contribution in [2.45, 2.75) is 45.3 Å². The third kappa shape index (κ3) is 6.01. The fourth-order valence-electron chi connectivity index (χ4n) is 2.90. The molecule has 2 N–H and O–H groups in total. The zero-order valence-corrected chi connectivity index (χ0v) is 18.4. The van der Waals surface area contributed by atoms with E-state index in [1.54, 1.807) is 0 Å². The SMILES string of the molecule is OCC1=CSC(CSC2CCCCC2SCC2SC=C(CO)S2)S1. The van der Waals surface area contributed by atoms with Crippen molar-refractivity contribution in [1.29, 1.82) is 0 Å². The van der Waals surface area contributed by atoms with Gasteiger partial charge in [-0.25, -0.2) is 0 Å². The van der Waals surface area contributed by atoms with E-state index in [9.17, 15) is 10.2 Å². The second-order valence-electron chi connectivity index (χ2n) is 5.88. The minimum Gasteiger partial charge on any atom is -0.391 e. The molecule has 2 heterocycles. The molecule has 136 valence electrons. The molecule has 1 aliphatic carbocycles. The van der Waals surface area contributed by atoms with Crippen molar-refractivity contribution in [2.24, 2.45) is 0 Å². The van der Waals surface area contributed by atoms with Crippen LogP contribution in [0.4, 0.5) is 0 Å². The second kappa shape index (κ2) is 10.7. The summed E-state index contributed by atoms with van der Waals surface area (Å²) in [6.45, 7) is 0.392. The molecule has 0 aromatic carbocycles. The average molecular weight is 441 g/mol. The standard InChI is InChI=1S/C16H24O2S6/c17-5-11-7-21-15(23-11)9-19-13-3-1-2-4-14(13)20-10-16-22-8-12(6-18)24-16/h7-8,13-18H,1-6,9-10H2. The molecule has 0 aromatic rings. The van der Waals surface area contributed by atoms with Crippen molar-refractivity contribution in [3.8, 4) is 0 Å². The second-order valence-corrected chi connectivity index (χ2v) is 13.8. The number of hydrogen-bond acceptors (Lipinski definition) is 8. The van der Waals surface area contributed by atoms with E-state index < -0.39 is 0 Å². The van der Waals surface area contributed by atoms with Crippen LogP contribution in [0.5, 0.6) is 0 Å². The predicted octanol–water partition coefficient (Wildman–Crippen LogP) is 5.04. The minimum absolute atomic E-state index is 0.196. The molecule has 0 aromatic heterocycles. The van der Waals surface area contributed by atoms with Gasteiger partial charge in [-0.05, 0) is 23.7 Å². The van der Waals surface area contributed by atoms with Gasteiger partial charge < -0.3 is 10.2 Å². The van der Waals surface area contributed by atoms with Crippen LogP contribution in [0.15, 0.2) is 20.6 Å². The first kappa shape index (κ1) is 20.2. The Morgan fingerprint density at radius 2 is 1.29 bits per heavy atom. The third-order valence-corrected chi connectivity index (χ3v) is 13.4. The molecule has 0 spiro atoms. The molecule has 0 saturated heterocycles. The summed E-state index contributed by atoms with van der Waals surface area (Å²) >= 11 is 11.8. The van der Waals surface area contributed by atoms with Crippen molar-refractivity contribution in [3.05, 3.63) is 20.6 Å². The minimum atomic E-state index is 0.196. The fourth-order valence-corrected chi connectivity index (χ4v) is 11.5. The zero-order chi connectivity index (χ0) is 16.8.